The fourth-order valence-corrected chi connectivity index (χ4v) is 4.02. The molecule has 1 saturated heterocycles. The molecule has 2 heterocycles. The van der Waals surface area contributed by atoms with E-state index in [0.717, 1.165) is 24.3 Å². The van der Waals surface area contributed by atoms with Crippen molar-refractivity contribution in [2.24, 2.45) is 0 Å². The normalized spacial score (nSPS) is 30.3. The van der Waals surface area contributed by atoms with Gasteiger partial charge in [-0.05, 0) is 12.1 Å². The molecular weight excluding hydrogens is 472 g/mol. The quantitative estimate of drug-likeness (QED) is 0.241. The Bertz CT molecular complexity index is 1090. The van der Waals surface area contributed by atoms with Crippen molar-refractivity contribution in [3.8, 4) is 34.5 Å². The molecule has 4 rings (SSSR count). The summed E-state index contributed by atoms with van der Waals surface area (Å²) in [6.07, 6.45) is -11.4. The number of aromatic hydroxyl groups is 3. The second kappa shape index (κ2) is 9.37. The Labute approximate surface area is 197 Å². The maximum absolute atomic E-state index is 13.1. The summed E-state index contributed by atoms with van der Waals surface area (Å²) in [5, 5.41) is 80.4. The van der Waals surface area contributed by atoms with Crippen molar-refractivity contribution in [1.29, 1.82) is 0 Å². The number of Topliss-reactive ketones (excluding diaryl/α,β-unsaturated/α-hetero) is 1. The third kappa shape index (κ3) is 4.29. The summed E-state index contributed by atoms with van der Waals surface area (Å²) in [7, 11) is 1.22. The number of aliphatic hydroxyl groups excluding tert-OH is 5. The monoisotopic (exact) mass is 496 g/mol. The van der Waals surface area contributed by atoms with Crippen molar-refractivity contribution in [2.45, 2.75) is 42.9 Å². The lowest BCUT2D eigenvalue weighted by Crippen LogP contribution is -2.60. The Morgan fingerprint density at radius 1 is 0.943 bits per heavy atom. The molecule has 2 aliphatic heterocycles. The zero-order valence-corrected chi connectivity index (χ0v) is 18.2. The van der Waals surface area contributed by atoms with E-state index in [1.807, 2.05) is 0 Å². The molecule has 0 radical (unpaired) electrons. The minimum absolute atomic E-state index is 0.0204. The second-order valence-corrected chi connectivity index (χ2v) is 8.07. The molecule has 2 aromatic carbocycles. The summed E-state index contributed by atoms with van der Waals surface area (Å²) < 4.78 is 21.3. The number of methoxy groups -OCH3 is 1. The molecule has 1 fully saturated rings. The van der Waals surface area contributed by atoms with Crippen molar-refractivity contribution in [3.05, 3.63) is 35.4 Å². The summed E-state index contributed by atoms with van der Waals surface area (Å²) in [4.78, 5) is 13.1. The molecule has 13 nitrogen and oxygen atoms in total. The Morgan fingerprint density at radius 3 is 2.20 bits per heavy atom. The van der Waals surface area contributed by atoms with E-state index in [1.165, 1.54) is 7.11 Å². The van der Waals surface area contributed by atoms with E-state index in [0.29, 0.717) is 0 Å². The number of fused-ring (bicyclic) bond motifs is 1. The van der Waals surface area contributed by atoms with E-state index in [-0.39, 0.29) is 28.4 Å². The van der Waals surface area contributed by atoms with Gasteiger partial charge in [0.1, 0.15) is 47.2 Å². The molecular formula is C22H24O13. The van der Waals surface area contributed by atoms with E-state index in [1.54, 1.807) is 0 Å². The molecule has 7 atom stereocenters. The Morgan fingerprint density at radius 2 is 1.60 bits per heavy atom. The van der Waals surface area contributed by atoms with Gasteiger partial charge >= 0.3 is 0 Å². The van der Waals surface area contributed by atoms with Gasteiger partial charge in [-0.1, -0.05) is 0 Å². The van der Waals surface area contributed by atoms with Gasteiger partial charge in [0.05, 0.1) is 13.7 Å². The zero-order chi connectivity index (χ0) is 25.6. The Balaban J connectivity index is 1.69. The first kappa shape index (κ1) is 24.8. The van der Waals surface area contributed by atoms with Gasteiger partial charge in [0.2, 0.25) is 17.8 Å². The largest absolute Gasteiger partial charge is 0.508 e. The van der Waals surface area contributed by atoms with Gasteiger partial charge in [0.15, 0.2) is 23.7 Å². The third-order valence-electron chi connectivity index (χ3n) is 5.80. The average molecular weight is 496 g/mol. The molecule has 13 heteroatoms. The summed E-state index contributed by atoms with van der Waals surface area (Å²) >= 11 is 0. The molecule has 0 aromatic heterocycles. The van der Waals surface area contributed by atoms with Crippen LogP contribution in [0.4, 0.5) is 0 Å². The van der Waals surface area contributed by atoms with Crippen molar-refractivity contribution in [2.75, 3.05) is 13.7 Å². The molecule has 0 spiro atoms. The van der Waals surface area contributed by atoms with Crippen LogP contribution in [0.2, 0.25) is 0 Å². The predicted octanol–water partition coefficient (Wildman–Crippen LogP) is -1.33. The number of carbonyl (C=O) groups is 1. The second-order valence-electron chi connectivity index (χ2n) is 8.07. The first-order valence-electron chi connectivity index (χ1n) is 10.4. The molecule has 0 aliphatic carbocycles. The molecule has 0 amide bonds. The lowest BCUT2D eigenvalue weighted by Gasteiger charge is -2.40. The van der Waals surface area contributed by atoms with Gasteiger partial charge < -0.3 is 59.8 Å². The number of hydrogen-bond donors (Lipinski definition) is 8. The maximum Gasteiger partial charge on any atom is 0.229 e. The van der Waals surface area contributed by atoms with E-state index in [2.05, 4.69) is 0 Å². The molecule has 0 bridgehead atoms. The number of aliphatic hydroxyl groups is 5. The SMILES string of the molecule is COc1c(O)cc([C@H]2Oc3cc(O)cc(O[C@@H]4O[C@H](CO)[C@@H](O)[C@H](O)[C@H]4O)c3C(=O)[C@H]2O)cc1O. The highest BCUT2D eigenvalue weighted by atomic mass is 16.7. The van der Waals surface area contributed by atoms with Crippen LogP contribution in [0, 0.1) is 0 Å². The highest BCUT2D eigenvalue weighted by Gasteiger charge is 2.46. The number of rotatable bonds is 5. The third-order valence-corrected chi connectivity index (χ3v) is 5.80. The van der Waals surface area contributed by atoms with Crippen molar-refractivity contribution in [1.82, 2.24) is 0 Å². The molecule has 8 N–H and O–H groups in total. The van der Waals surface area contributed by atoms with Gasteiger partial charge in [-0.15, -0.1) is 0 Å². The van der Waals surface area contributed by atoms with Gasteiger partial charge in [-0.3, -0.25) is 4.79 Å². The fourth-order valence-electron chi connectivity index (χ4n) is 4.02. The first-order valence-corrected chi connectivity index (χ1v) is 10.4. The van der Waals surface area contributed by atoms with Gasteiger partial charge in [0.25, 0.3) is 0 Å². The number of phenols is 3. The van der Waals surface area contributed by atoms with Crippen LogP contribution in [0.3, 0.4) is 0 Å². The van der Waals surface area contributed by atoms with Crippen molar-refractivity contribution < 1.29 is 64.6 Å². The molecule has 0 saturated carbocycles. The molecule has 2 aliphatic rings. The maximum atomic E-state index is 13.1. The highest BCUT2D eigenvalue weighted by molar-refractivity contribution is 6.05. The van der Waals surface area contributed by atoms with Crippen LogP contribution >= 0.6 is 0 Å². The molecule has 190 valence electrons. The number of hydrogen-bond acceptors (Lipinski definition) is 13. The zero-order valence-electron chi connectivity index (χ0n) is 18.2. The smallest absolute Gasteiger partial charge is 0.229 e. The van der Waals surface area contributed by atoms with E-state index < -0.39 is 72.6 Å². The van der Waals surface area contributed by atoms with Crippen LogP contribution in [0.5, 0.6) is 34.5 Å². The molecule has 35 heavy (non-hydrogen) atoms. The number of benzene rings is 2. The minimum Gasteiger partial charge on any atom is -0.508 e. The number of ketones is 1. The van der Waals surface area contributed by atoms with Crippen LogP contribution in [-0.4, -0.2) is 97.2 Å². The van der Waals surface area contributed by atoms with Crippen LogP contribution in [-0.2, 0) is 4.74 Å². The number of ether oxygens (including phenoxy) is 4. The van der Waals surface area contributed by atoms with Crippen LogP contribution in [0.1, 0.15) is 22.0 Å². The number of carbonyl (C=O) groups excluding carboxylic acids is 1. The average Bonchev–Trinajstić information content (AvgIpc) is 2.81. The van der Waals surface area contributed by atoms with Crippen LogP contribution < -0.4 is 14.2 Å². The Hall–Kier alpha value is -3.33. The number of phenolic OH excluding ortho intramolecular Hbond substituents is 3. The molecule has 0 unspecified atom stereocenters. The summed E-state index contributed by atoms with van der Waals surface area (Å²) in [6.45, 7) is -0.715. The van der Waals surface area contributed by atoms with Crippen molar-refractivity contribution in [3.63, 3.8) is 0 Å². The van der Waals surface area contributed by atoms with E-state index in [4.69, 9.17) is 18.9 Å². The fraction of sp³-hybridized carbons (Fsp3) is 0.409. The summed E-state index contributed by atoms with van der Waals surface area (Å²) in [5.41, 5.74) is -0.308. The van der Waals surface area contributed by atoms with Crippen molar-refractivity contribution >= 4 is 5.78 Å². The van der Waals surface area contributed by atoms with Gasteiger partial charge in [-0.25, -0.2) is 0 Å². The topological polar surface area (TPSA) is 216 Å². The lowest BCUT2D eigenvalue weighted by atomic mass is 9.92. The highest BCUT2D eigenvalue weighted by Crippen LogP contribution is 2.45. The Kier molecular flexibility index (Phi) is 6.64. The van der Waals surface area contributed by atoms with E-state index >= 15 is 0 Å². The van der Waals surface area contributed by atoms with Crippen LogP contribution in [0.25, 0.3) is 0 Å². The lowest BCUT2D eigenvalue weighted by molar-refractivity contribution is -0.277. The minimum atomic E-state index is -1.85. The van der Waals surface area contributed by atoms with Gasteiger partial charge in [-0.2, -0.15) is 0 Å². The molecule has 2 aromatic rings. The summed E-state index contributed by atoms with van der Waals surface area (Å²) in [5.74, 6) is -3.15. The van der Waals surface area contributed by atoms with Crippen LogP contribution in [0.15, 0.2) is 24.3 Å². The summed E-state index contributed by atoms with van der Waals surface area (Å²) in [6, 6.07) is 4.30. The van der Waals surface area contributed by atoms with Gasteiger partial charge in [0, 0.05) is 17.7 Å². The standard InChI is InChI=1S/C22H24O13/c1-32-21-9(25)2-7(3-10(21)26)20-18(30)16(28)14-11(33-20)4-8(24)5-12(14)34-22-19(31)17(29)15(27)13(6-23)35-22/h2-5,13,15,17-20,22-27,29-31H,6H2,1H3/t13-,15-,17+,18-,19-,20-,22-/m1/s1. The van der Waals surface area contributed by atoms with E-state index in [9.17, 15) is 45.6 Å². The first-order chi connectivity index (χ1) is 16.6. The predicted molar refractivity (Wildman–Crippen MR) is 113 cm³/mol.